The van der Waals surface area contributed by atoms with E-state index in [1.165, 1.54) is 18.3 Å². The Morgan fingerprint density at radius 3 is 3.00 bits per heavy atom. The van der Waals surface area contributed by atoms with E-state index in [0.717, 1.165) is 0 Å². The molecule has 5 heteroatoms. The molecule has 0 fully saturated rings. The van der Waals surface area contributed by atoms with Crippen LogP contribution in [0.1, 0.15) is 24.2 Å². The van der Waals surface area contributed by atoms with Gasteiger partial charge in [0.15, 0.2) is 0 Å². The highest BCUT2D eigenvalue weighted by Gasteiger charge is 2.16. The first-order chi connectivity index (χ1) is 7.65. The molecule has 0 bridgehead atoms. The first-order valence-corrected chi connectivity index (χ1v) is 5.04. The SMILES string of the molecule is CCOCC(C)OC(=O)c1cccnc1F. The molecule has 0 saturated carbocycles. The highest BCUT2D eigenvalue weighted by Crippen LogP contribution is 2.07. The number of pyridine rings is 1. The Hall–Kier alpha value is -1.49. The quantitative estimate of drug-likeness (QED) is 0.568. The fourth-order valence-corrected chi connectivity index (χ4v) is 1.10. The van der Waals surface area contributed by atoms with Crippen LogP contribution < -0.4 is 0 Å². The van der Waals surface area contributed by atoms with Crippen molar-refractivity contribution in [3.05, 3.63) is 29.8 Å². The monoisotopic (exact) mass is 227 g/mol. The number of rotatable bonds is 5. The van der Waals surface area contributed by atoms with E-state index in [1.807, 2.05) is 6.92 Å². The lowest BCUT2D eigenvalue weighted by Gasteiger charge is -2.12. The summed E-state index contributed by atoms with van der Waals surface area (Å²) < 4.78 is 23.2. The number of carbonyl (C=O) groups excluding carboxylic acids is 1. The lowest BCUT2D eigenvalue weighted by molar-refractivity contribution is 0.00393. The summed E-state index contributed by atoms with van der Waals surface area (Å²) in [4.78, 5) is 14.9. The van der Waals surface area contributed by atoms with Gasteiger partial charge in [-0.15, -0.1) is 0 Å². The van der Waals surface area contributed by atoms with Crippen LogP contribution in [0.3, 0.4) is 0 Å². The predicted molar refractivity (Wildman–Crippen MR) is 55.6 cm³/mol. The topological polar surface area (TPSA) is 48.4 Å². The van der Waals surface area contributed by atoms with Gasteiger partial charge in [0.2, 0.25) is 5.95 Å². The number of esters is 1. The largest absolute Gasteiger partial charge is 0.457 e. The maximum atomic E-state index is 13.1. The second-order valence-electron chi connectivity index (χ2n) is 3.22. The third kappa shape index (κ3) is 3.58. The molecule has 0 aliphatic carbocycles. The highest BCUT2D eigenvalue weighted by atomic mass is 19.1. The Morgan fingerprint density at radius 2 is 2.38 bits per heavy atom. The van der Waals surface area contributed by atoms with Gasteiger partial charge in [-0.05, 0) is 26.0 Å². The Morgan fingerprint density at radius 1 is 1.62 bits per heavy atom. The first-order valence-electron chi connectivity index (χ1n) is 5.04. The van der Waals surface area contributed by atoms with Crippen molar-refractivity contribution >= 4 is 5.97 Å². The summed E-state index contributed by atoms with van der Waals surface area (Å²) >= 11 is 0. The number of carbonyl (C=O) groups is 1. The average molecular weight is 227 g/mol. The number of ether oxygens (including phenoxy) is 2. The van der Waals surface area contributed by atoms with Crippen LogP contribution in [0, 0.1) is 5.95 Å². The zero-order valence-electron chi connectivity index (χ0n) is 9.27. The lowest BCUT2D eigenvalue weighted by Crippen LogP contribution is -2.21. The van der Waals surface area contributed by atoms with Crippen LogP contribution in [0.15, 0.2) is 18.3 Å². The van der Waals surface area contributed by atoms with Crippen molar-refractivity contribution < 1.29 is 18.7 Å². The van der Waals surface area contributed by atoms with Crippen LogP contribution in [-0.4, -0.2) is 30.3 Å². The molecule has 16 heavy (non-hydrogen) atoms. The Balaban J connectivity index is 2.56. The fourth-order valence-electron chi connectivity index (χ4n) is 1.10. The Labute approximate surface area is 93.4 Å². The van der Waals surface area contributed by atoms with Gasteiger partial charge in [0, 0.05) is 12.8 Å². The van der Waals surface area contributed by atoms with E-state index in [1.54, 1.807) is 6.92 Å². The summed E-state index contributed by atoms with van der Waals surface area (Å²) in [5.74, 6) is -1.55. The van der Waals surface area contributed by atoms with E-state index < -0.39 is 18.0 Å². The fraction of sp³-hybridized carbons (Fsp3) is 0.455. The zero-order valence-corrected chi connectivity index (χ0v) is 9.27. The summed E-state index contributed by atoms with van der Waals surface area (Å²) in [5.41, 5.74) is -0.161. The number of hydrogen-bond acceptors (Lipinski definition) is 4. The number of hydrogen-bond donors (Lipinski definition) is 0. The van der Waals surface area contributed by atoms with Gasteiger partial charge < -0.3 is 9.47 Å². The highest BCUT2D eigenvalue weighted by molar-refractivity contribution is 5.89. The van der Waals surface area contributed by atoms with Crippen molar-refractivity contribution in [1.29, 1.82) is 0 Å². The molecule has 0 amide bonds. The van der Waals surface area contributed by atoms with E-state index in [-0.39, 0.29) is 5.56 Å². The molecule has 0 N–H and O–H groups in total. The summed E-state index contributed by atoms with van der Waals surface area (Å²) in [6.45, 7) is 4.37. The molecule has 0 spiro atoms. The van der Waals surface area contributed by atoms with Gasteiger partial charge in [0.25, 0.3) is 0 Å². The minimum atomic E-state index is -0.823. The molecule has 0 radical (unpaired) electrons. The van der Waals surface area contributed by atoms with E-state index in [4.69, 9.17) is 9.47 Å². The van der Waals surface area contributed by atoms with Crippen molar-refractivity contribution in [3.8, 4) is 0 Å². The number of aromatic nitrogens is 1. The van der Waals surface area contributed by atoms with Gasteiger partial charge in [-0.25, -0.2) is 9.78 Å². The van der Waals surface area contributed by atoms with Gasteiger partial charge in [-0.2, -0.15) is 4.39 Å². The minimum Gasteiger partial charge on any atom is -0.457 e. The smallest absolute Gasteiger partial charge is 0.343 e. The molecule has 0 aromatic carbocycles. The minimum absolute atomic E-state index is 0.161. The van der Waals surface area contributed by atoms with Crippen LogP contribution in [-0.2, 0) is 9.47 Å². The zero-order chi connectivity index (χ0) is 12.0. The maximum absolute atomic E-state index is 13.1. The van der Waals surface area contributed by atoms with Crippen molar-refractivity contribution in [2.24, 2.45) is 0 Å². The number of nitrogens with zero attached hydrogens (tertiary/aromatic N) is 1. The molecule has 1 atom stereocenters. The summed E-state index contributed by atoms with van der Waals surface area (Å²) in [6.07, 6.45) is 0.863. The van der Waals surface area contributed by atoms with Crippen LogP contribution in [0.25, 0.3) is 0 Å². The van der Waals surface area contributed by atoms with Crippen LogP contribution >= 0.6 is 0 Å². The van der Waals surface area contributed by atoms with Crippen molar-refractivity contribution in [2.45, 2.75) is 20.0 Å². The number of halogens is 1. The van der Waals surface area contributed by atoms with Crippen molar-refractivity contribution in [3.63, 3.8) is 0 Å². The molecule has 1 unspecified atom stereocenters. The predicted octanol–water partition coefficient (Wildman–Crippen LogP) is 1.80. The molecular weight excluding hydrogens is 213 g/mol. The molecule has 1 rings (SSSR count). The van der Waals surface area contributed by atoms with Gasteiger partial charge in [0.1, 0.15) is 11.7 Å². The van der Waals surface area contributed by atoms with Gasteiger partial charge >= 0.3 is 5.97 Å². The molecule has 0 aliphatic heterocycles. The molecular formula is C11H14FNO3. The lowest BCUT2D eigenvalue weighted by atomic mass is 10.3. The standard InChI is InChI=1S/C11H14FNO3/c1-3-15-7-8(2)16-11(14)9-5-4-6-13-10(9)12/h4-6,8H,3,7H2,1-2H3. The third-order valence-corrected chi connectivity index (χ3v) is 1.84. The van der Waals surface area contributed by atoms with Crippen molar-refractivity contribution in [2.75, 3.05) is 13.2 Å². The van der Waals surface area contributed by atoms with E-state index >= 15 is 0 Å². The Bertz CT molecular complexity index is 357. The average Bonchev–Trinajstić information content (AvgIpc) is 2.26. The first kappa shape index (κ1) is 12.6. The molecule has 1 aromatic heterocycles. The summed E-state index contributed by atoms with van der Waals surface area (Å²) in [6, 6.07) is 2.81. The normalized spacial score (nSPS) is 12.2. The Kier molecular flexibility index (Phi) is 4.85. The van der Waals surface area contributed by atoms with Gasteiger partial charge in [0.05, 0.1) is 6.61 Å². The molecule has 4 nitrogen and oxygen atoms in total. The maximum Gasteiger partial charge on any atom is 0.343 e. The van der Waals surface area contributed by atoms with Crippen LogP contribution in [0.4, 0.5) is 4.39 Å². The van der Waals surface area contributed by atoms with Crippen LogP contribution in [0.5, 0.6) is 0 Å². The third-order valence-electron chi connectivity index (χ3n) is 1.84. The molecule has 0 aliphatic rings. The second kappa shape index (κ2) is 6.17. The van der Waals surface area contributed by atoms with E-state index in [9.17, 15) is 9.18 Å². The van der Waals surface area contributed by atoms with Crippen LogP contribution in [0.2, 0.25) is 0 Å². The van der Waals surface area contributed by atoms with E-state index in [2.05, 4.69) is 4.98 Å². The van der Waals surface area contributed by atoms with E-state index in [0.29, 0.717) is 13.2 Å². The van der Waals surface area contributed by atoms with Crippen molar-refractivity contribution in [1.82, 2.24) is 4.98 Å². The summed E-state index contributed by atoms with van der Waals surface area (Å²) in [7, 11) is 0. The van der Waals surface area contributed by atoms with Gasteiger partial charge in [-0.3, -0.25) is 0 Å². The van der Waals surface area contributed by atoms with Gasteiger partial charge in [-0.1, -0.05) is 0 Å². The molecule has 88 valence electrons. The molecule has 1 heterocycles. The second-order valence-corrected chi connectivity index (χ2v) is 3.22. The molecule has 1 aromatic rings. The molecule has 0 saturated heterocycles. The summed E-state index contributed by atoms with van der Waals surface area (Å²) in [5, 5.41) is 0.